The number of nitrogens with zero attached hydrogens (tertiary/aromatic N) is 8. The molecule has 10 nitrogen and oxygen atoms in total. The summed E-state index contributed by atoms with van der Waals surface area (Å²) in [6.45, 7) is 3.21. The molecule has 3 aromatic heterocycles. The van der Waals surface area contributed by atoms with Crippen LogP contribution in [0.1, 0.15) is 27.2 Å². The number of aryl methyl sites for hydroxylation is 1. The monoisotopic (exact) mass is 525 g/mol. The zero-order valence-electron chi connectivity index (χ0n) is 19.7. The second-order valence-electron chi connectivity index (χ2n) is 9.34. The van der Waals surface area contributed by atoms with E-state index in [1.165, 1.54) is 17.2 Å². The van der Waals surface area contributed by atoms with Gasteiger partial charge in [-0.3, -0.25) is 9.48 Å². The second-order valence-corrected chi connectivity index (χ2v) is 9.78. The first-order chi connectivity index (χ1) is 17.8. The number of rotatable bonds is 7. The molecular weight excluding hydrogens is 504 g/mol. The summed E-state index contributed by atoms with van der Waals surface area (Å²) in [4.78, 5) is 19.3. The Balaban J connectivity index is 1.09. The number of benzene rings is 1. The Bertz CT molecular complexity index is 1460. The molecule has 1 saturated carbocycles. The van der Waals surface area contributed by atoms with Crippen molar-refractivity contribution in [3.63, 3.8) is 0 Å². The molecule has 1 aromatic carbocycles. The third kappa shape index (κ3) is 4.41. The minimum Gasteiger partial charge on any atom is -0.356 e. The lowest BCUT2D eigenvalue weighted by molar-refractivity contribution is 0.0796. The van der Waals surface area contributed by atoms with Gasteiger partial charge < -0.3 is 10.2 Å². The Labute approximate surface area is 215 Å². The Morgan fingerprint density at radius 2 is 2.00 bits per heavy atom. The molecule has 2 fully saturated rings. The summed E-state index contributed by atoms with van der Waals surface area (Å²) in [5, 5.41) is 18.9. The van der Waals surface area contributed by atoms with Crippen LogP contribution in [0.5, 0.6) is 0 Å². The van der Waals surface area contributed by atoms with E-state index < -0.39 is 17.8 Å². The molecule has 0 bridgehead atoms. The Morgan fingerprint density at radius 1 is 1.19 bits per heavy atom. The van der Waals surface area contributed by atoms with Gasteiger partial charge in [0.1, 0.15) is 12.1 Å². The van der Waals surface area contributed by atoms with Crippen molar-refractivity contribution in [1.82, 2.24) is 40.3 Å². The minimum absolute atomic E-state index is 0.217. The van der Waals surface area contributed by atoms with Crippen molar-refractivity contribution in [3.8, 4) is 5.69 Å². The molecule has 1 aliphatic heterocycles. The molecule has 0 spiro atoms. The number of hydrogen-bond acceptors (Lipinski definition) is 7. The molecule has 2 aliphatic rings. The van der Waals surface area contributed by atoms with E-state index in [1.54, 1.807) is 29.1 Å². The molecule has 2 unspecified atom stereocenters. The molecule has 1 N–H and O–H groups in total. The number of carbonyl (C=O) groups excluding carboxylic acids is 1. The lowest BCUT2D eigenvalue weighted by atomic mass is 10.1. The number of fused-ring (bicyclic) bond motifs is 1. The van der Waals surface area contributed by atoms with E-state index in [2.05, 4.69) is 30.9 Å². The van der Waals surface area contributed by atoms with Crippen LogP contribution in [0.15, 0.2) is 49.1 Å². The van der Waals surface area contributed by atoms with Gasteiger partial charge in [-0.15, -0.1) is 5.10 Å². The third-order valence-electron chi connectivity index (χ3n) is 7.01. The number of nitrogens with one attached hydrogen (secondary N) is 1. The summed E-state index contributed by atoms with van der Waals surface area (Å²) in [5.74, 6) is -3.18. The second kappa shape index (κ2) is 8.87. The third-order valence-corrected chi connectivity index (χ3v) is 7.24. The highest BCUT2D eigenvalue weighted by molar-refractivity contribution is 6.30. The van der Waals surface area contributed by atoms with Crippen LogP contribution in [0.2, 0.25) is 5.02 Å². The van der Waals surface area contributed by atoms with E-state index in [-0.39, 0.29) is 12.5 Å². The van der Waals surface area contributed by atoms with Crippen LogP contribution >= 0.6 is 11.6 Å². The topological polar surface area (TPSA) is 107 Å². The van der Waals surface area contributed by atoms with Gasteiger partial charge in [0.15, 0.2) is 0 Å². The average Bonchev–Trinajstić information content (AvgIpc) is 3.49. The summed E-state index contributed by atoms with van der Waals surface area (Å²) in [7, 11) is 0. The fourth-order valence-electron chi connectivity index (χ4n) is 4.83. The number of carbonyl (C=O) groups is 1. The van der Waals surface area contributed by atoms with Crippen LogP contribution in [0, 0.1) is 18.8 Å². The van der Waals surface area contributed by atoms with Gasteiger partial charge >= 0.3 is 0 Å². The Hall–Kier alpha value is -3.93. The maximum absolute atomic E-state index is 13.5. The Kier molecular flexibility index (Phi) is 5.63. The van der Waals surface area contributed by atoms with Crippen molar-refractivity contribution >= 4 is 23.3 Å². The van der Waals surface area contributed by atoms with E-state index >= 15 is 0 Å². The fourth-order valence-corrected chi connectivity index (χ4v) is 5.02. The number of anilines is 1. The highest BCUT2D eigenvalue weighted by Gasteiger charge is 2.71. The van der Waals surface area contributed by atoms with Gasteiger partial charge in [0, 0.05) is 36.5 Å². The number of alkyl halides is 2. The molecule has 2 atom stereocenters. The fraction of sp³-hybridized carbons (Fsp3) is 0.333. The summed E-state index contributed by atoms with van der Waals surface area (Å²) in [6, 6.07) is 9.04. The number of halogens is 3. The predicted octanol–water partition coefficient (Wildman–Crippen LogP) is 2.90. The quantitative estimate of drug-likeness (QED) is 0.395. The zero-order valence-corrected chi connectivity index (χ0v) is 20.5. The summed E-state index contributed by atoms with van der Waals surface area (Å²) in [5.41, 5.74) is 3.59. The highest BCUT2D eigenvalue weighted by Crippen LogP contribution is 2.59. The summed E-state index contributed by atoms with van der Waals surface area (Å²) >= 11 is 6.15. The van der Waals surface area contributed by atoms with Crippen LogP contribution < -0.4 is 10.2 Å². The molecule has 1 amide bonds. The number of hydrogen-bond donors (Lipinski definition) is 1. The first kappa shape index (κ1) is 23.5. The first-order valence-corrected chi connectivity index (χ1v) is 12.1. The SMILES string of the molecule is Cc1nc(N2CC3C(C2)C3(F)F)ccc1Cn1cc(C(=O)NCc2cc(Cl)ccc2-n2cnnn2)cn1. The normalized spacial score (nSPS) is 19.6. The van der Waals surface area contributed by atoms with E-state index in [0.717, 1.165) is 16.8 Å². The van der Waals surface area contributed by atoms with Crippen molar-refractivity contribution in [2.24, 2.45) is 11.8 Å². The predicted molar refractivity (Wildman–Crippen MR) is 130 cm³/mol. The van der Waals surface area contributed by atoms with E-state index in [0.29, 0.717) is 41.7 Å². The van der Waals surface area contributed by atoms with Gasteiger partial charge in [0.05, 0.1) is 35.8 Å². The standard InChI is InChI=1S/C24H22ClF2N9O/c1-14-15(2-5-22(31-14)34-11-19-20(12-34)24(19,26)27)9-35-10-17(8-30-35)23(37)28-7-16-6-18(25)3-4-21(16)36-13-29-32-33-36/h2-6,8,10,13,19-20H,7,9,11-12H2,1H3,(H,28,37). The van der Waals surface area contributed by atoms with Crippen LogP contribution in [0.4, 0.5) is 14.6 Å². The molecule has 37 heavy (non-hydrogen) atoms. The van der Waals surface area contributed by atoms with Crippen LogP contribution in [-0.4, -0.2) is 59.9 Å². The minimum atomic E-state index is -2.51. The molecule has 1 saturated heterocycles. The van der Waals surface area contributed by atoms with Crippen molar-refractivity contribution in [2.45, 2.75) is 25.9 Å². The molecule has 13 heteroatoms. The number of pyridine rings is 1. The zero-order chi connectivity index (χ0) is 25.7. The van der Waals surface area contributed by atoms with Gasteiger partial charge in [-0.05, 0) is 52.7 Å². The van der Waals surface area contributed by atoms with Crippen molar-refractivity contribution < 1.29 is 13.6 Å². The number of aromatic nitrogens is 7. The van der Waals surface area contributed by atoms with Gasteiger partial charge in [-0.1, -0.05) is 17.7 Å². The molecular formula is C24H22ClF2N9O. The average molecular weight is 526 g/mol. The lowest BCUT2D eigenvalue weighted by Gasteiger charge is -2.21. The summed E-state index contributed by atoms with van der Waals surface area (Å²) in [6.07, 6.45) is 4.64. The van der Waals surface area contributed by atoms with Gasteiger partial charge in [0.25, 0.3) is 11.8 Å². The maximum Gasteiger partial charge on any atom is 0.258 e. The first-order valence-electron chi connectivity index (χ1n) is 11.7. The van der Waals surface area contributed by atoms with Crippen LogP contribution in [0.25, 0.3) is 5.69 Å². The molecule has 190 valence electrons. The van der Waals surface area contributed by atoms with Crippen LogP contribution in [0.3, 0.4) is 0 Å². The number of tetrazole rings is 1. The largest absolute Gasteiger partial charge is 0.356 e. The van der Waals surface area contributed by atoms with Gasteiger partial charge in [-0.25, -0.2) is 18.4 Å². The van der Waals surface area contributed by atoms with Gasteiger partial charge in [0.2, 0.25) is 0 Å². The van der Waals surface area contributed by atoms with Crippen molar-refractivity contribution in [3.05, 3.63) is 76.5 Å². The lowest BCUT2D eigenvalue weighted by Crippen LogP contribution is -2.28. The van der Waals surface area contributed by atoms with Crippen LogP contribution in [-0.2, 0) is 13.1 Å². The maximum atomic E-state index is 13.5. The Morgan fingerprint density at radius 3 is 2.73 bits per heavy atom. The number of amides is 1. The molecule has 1 aliphatic carbocycles. The number of piperidine rings is 1. The van der Waals surface area contributed by atoms with E-state index in [1.807, 2.05) is 24.0 Å². The molecule has 4 heterocycles. The smallest absolute Gasteiger partial charge is 0.258 e. The van der Waals surface area contributed by atoms with Crippen molar-refractivity contribution in [1.29, 1.82) is 0 Å². The molecule has 4 aromatic rings. The molecule has 0 radical (unpaired) electrons. The van der Waals surface area contributed by atoms with E-state index in [9.17, 15) is 13.6 Å². The summed E-state index contributed by atoms with van der Waals surface area (Å²) < 4.78 is 30.2. The van der Waals surface area contributed by atoms with Gasteiger partial charge in [-0.2, -0.15) is 5.10 Å². The van der Waals surface area contributed by atoms with Crippen molar-refractivity contribution in [2.75, 3.05) is 18.0 Å². The molecule has 6 rings (SSSR count). The highest BCUT2D eigenvalue weighted by atomic mass is 35.5. The van der Waals surface area contributed by atoms with E-state index in [4.69, 9.17) is 11.6 Å².